The molecule has 0 amide bonds. The number of carbonyl (C=O) groups is 1. The normalized spacial score (nSPS) is 10.7. The van der Waals surface area contributed by atoms with E-state index in [9.17, 15) is 9.90 Å². The molecule has 1 radical (unpaired) electrons. The zero-order valence-corrected chi connectivity index (χ0v) is 8.14. The van der Waals surface area contributed by atoms with E-state index in [1.807, 2.05) is 13.8 Å². The van der Waals surface area contributed by atoms with Gasteiger partial charge < -0.3 is 0 Å². The minimum absolute atomic E-state index is 0.0259. The van der Waals surface area contributed by atoms with Crippen LogP contribution >= 0.6 is 0 Å². The Balaban J connectivity index is 3.14. The van der Waals surface area contributed by atoms with Crippen LogP contribution in [0.2, 0.25) is 0 Å². The monoisotopic (exact) mass is 171 g/mol. The van der Waals surface area contributed by atoms with E-state index in [1.165, 1.54) is 0 Å². The topological polar surface area (TPSA) is 37.0 Å². The number of carbonyl (C=O) groups excluding carboxylic acids is 1. The predicted octanol–water partition coefficient (Wildman–Crippen LogP) is 2.59. The summed E-state index contributed by atoms with van der Waals surface area (Å²) in [5.74, 6) is 0.515. The Bertz CT molecular complexity index is 119. The number of unbranched alkanes of at least 4 members (excludes halogenated alkanes) is 3. The second-order valence-corrected chi connectivity index (χ2v) is 3.49. The van der Waals surface area contributed by atoms with E-state index in [2.05, 4.69) is 0 Å². The molecular weight excluding hydrogens is 152 g/mol. The Labute approximate surface area is 75.0 Å². The summed E-state index contributed by atoms with van der Waals surface area (Å²) >= 11 is 0. The summed E-state index contributed by atoms with van der Waals surface area (Å²) in [5.41, 5.74) is 0. The molecule has 0 bridgehead atoms. The molecule has 0 aromatic rings. The largest absolute Gasteiger partial charge is 0.299 e. The zero-order chi connectivity index (χ0) is 9.40. The van der Waals surface area contributed by atoms with Gasteiger partial charge in [-0.1, -0.05) is 26.7 Å². The smallest absolute Gasteiger partial charge is 0.135 e. The van der Waals surface area contributed by atoms with Crippen LogP contribution in [0.15, 0.2) is 0 Å². The summed E-state index contributed by atoms with van der Waals surface area (Å²) in [4.78, 5) is 11.1. The molecule has 0 aliphatic rings. The van der Waals surface area contributed by atoms with Crippen LogP contribution in [0.3, 0.4) is 0 Å². The van der Waals surface area contributed by atoms with Crippen molar-refractivity contribution in [2.75, 3.05) is 6.61 Å². The van der Waals surface area contributed by atoms with E-state index in [1.54, 1.807) is 0 Å². The van der Waals surface area contributed by atoms with E-state index in [0.29, 0.717) is 12.2 Å². The van der Waals surface area contributed by atoms with Crippen molar-refractivity contribution in [1.82, 2.24) is 0 Å². The molecule has 0 spiro atoms. The molecule has 71 valence electrons. The van der Waals surface area contributed by atoms with Crippen molar-refractivity contribution < 1.29 is 9.90 Å². The SMILES string of the molecule is CC(C)C(=O)CCCCCC[O]. The van der Waals surface area contributed by atoms with Crippen molar-refractivity contribution in [1.29, 1.82) is 0 Å². The van der Waals surface area contributed by atoms with Gasteiger partial charge in [-0.25, -0.2) is 5.11 Å². The fourth-order valence-corrected chi connectivity index (χ4v) is 1.04. The van der Waals surface area contributed by atoms with Gasteiger partial charge in [-0.3, -0.25) is 4.79 Å². The predicted molar refractivity (Wildman–Crippen MR) is 48.5 cm³/mol. The molecule has 0 unspecified atom stereocenters. The van der Waals surface area contributed by atoms with Gasteiger partial charge in [-0.15, -0.1) is 0 Å². The molecule has 0 saturated carbocycles. The average molecular weight is 171 g/mol. The molecule has 12 heavy (non-hydrogen) atoms. The summed E-state index contributed by atoms with van der Waals surface area (Å²) < 4.78 is 0. The molecular formula is C10H19O2. The summed E-state index contributed by atoms with van der Waals surface area (Å²) in [6.45, 7) is 3.89. The zero-order valence-electron chi connectivity index (χ0n) is 8.14. The standard InChI is InChI=1S/C10H19O2/c1-9(2)10(12)7-5-3-4-6-8-11/h9H,3-8H2,1-2H3. The Morgan fingerprint density at radius 3 is 2.17 bits per heavy atom. The Hall–Kier alpha value is -0.370. The third-order valence-electron chi connectivity index (χ3n) is 1.96. The number of hydrogen-bond acceptors (Lipinski definition) is 1. The van der Waals surface area contributed by atoms with Gasteiger partial charge in [0.1, 0.15) is 5.78 Å². The maximum absolute atomic E-state index is 11.1. The first-order valence-electron chi connectivity index (χ1n) is 4.79. The minimum Gasteiger partial charge on any atom is -0.299 e. The Kier molecular flexibility index (Phi) is 7.06. The summed E-state index contributed by atoms with van der Waals surface area (Å²) in [6.07, 6.45) is 4.42. The maximum Gasteiger partial charge on any atom is 0.135 e. The Morgan fingerprint density at radius 2 is 1.67 bits per heavy atom. The fraction of sp³-hybridized carbons (Fsp3) is 0.900. The van der Waals surface area contributed by atoms with Gasteiger partial charge in [0.05, 0.1) is 6.61 Å². The third kappa shape index (κ3) is 6.35. The quantitative estimate of drug-likeness (QED) is 0.542. The maximum atomic E-state index is 11.1. The summed E-state index contributed by atoms with van der Waals surface area (Å²) in [6, 6.07) is 0. The van der Waals surface area contributed by atoms with Crippen LogP contribution in [-0.2, 0) is 9.90 Å². The molecule has 0 heterocycles. The fourth-order valence-electron chi connectivity index (χ4n) is 1.04. The average Bonchev–Trinajstić information content (AvgIpc) is 2.03. The summed E-state index contributed by atoms with van der Waals surface area (Å²) in [7, 11) is 0. The van der Waals surface area contributed by atoms with Crippen molar-refractivity contribution in [3.8, 4) is 0 Å². The van der Waals surface area contributed by atoms with Crippen LogP contribution in [0.4, 0.5) is 0 Å². The molecule has 0 aliphatic heterocycles. The first-order chi connectivity index (χ1) is 5.68. The van der Waals surface area contributed by atoms with E-state index >= 15 is 0 Å². The molecule has 2 nitrogen and oxygen atoms in total. The highest BCUT2D eigenvalue weighted by atomic mass is 16.2. The number of ketones is 1. The molecule has 0 aromatic carbocycles. The van der Waals surface area contributed by atoms with Gasteiger partial charge in [-0.05, 0) is 12.8 Å². The molecule has 0 rings (SSSR count). The molecule has 0 saturated heterocycles. The molecule has 0 atom stereocenters. The lowest BCUT2D eigenvalue weighted by Crippen LogP contribution is -2.05. The lowest BCUT2D eigenvalue weighted by atomic mass is 10.0. The highest BCUT2D eigenvalue weighted by Crippen LogP contribution is 2.07. The number of Topliss-reactive ketones (excluding diaryl/α,β-unsaturated/α-hetero) is 1. The Morgan fingerprint density at radius 1 is 1.08 bits per heavy atom. The lowest BCUT2D eigenvalue weighted by Gasteiger charge is -2.02. The number of rotatable bonds is 7. The summed E-state index contributed by atoms with van der Waals surface area (Å²) in [5, 5.41) is 10.1. The molecule has 0 N–H and O–H groups in total. The molecule has 0 aromatic heterocycles. The van der Waals surface area contributed by atoms with Crippen LogP contribution in [0.5, 0.6) is 0 Å². The van der Waals surface area contributed by atoms with E-state index in [4.69, 9.17) is 0 Å². The van der Waals surface area contributed by atoms with E-state index in [-0.39, 0.29) is 12.5 Å². The molecule has 2 heteroatoms. The highest BCUT2D eigenvalue weighted by Gasteiger charge is 2.05. The van der Waals surface area contributed by atoms with Crippen LogP contribution in [0.25, 0.3) is 0 Å². The van der Waals surface area contributed by atoms with Crippen molar-refractivity contribution in [2.45, 2.75) is 46.0 Å². The second kappa shape index (κ2) is 7.29. The number of hydrogen-bond donors (Lipinski definition) is 0. The van der Waals surface area contributed by atoms with E-state index < -0.39 is 0 Å². The highest BCUT2D eigenvalue weighted by molar-refractivity contribution is 5.80. The van der Waals surface area contributed by atoms with Gasteiger partial charge in [0, 0.05) is 12.3 Å². The van der Waals surface area contributed by atoms with Crippen molar-refractivity contribution in [3.05, 3.63) is 0 Å². The first kappa shape index (κ1) is 11.6. The van der Waals surface area contributed by atoms with Crippen molar-refractivity contribution in [2.24, 2.45) is 5.92 Å². The van der Waals surface area contributed by atoms with Crippen LogP contribution in [0, 0.1) is 5.92 Å². The first-order valence-corrected chi connectivity index (χ1v) is 4.79. The van der Waals surface area contributed by atoms with Crippen LogP contribution in [0.1, 0.15) is 46.0 Å². The molecule has 0 aliphatic carbocycles. The van der Waals surface area contributed by atoms with Crippen LogP contribution < -0.4 is 0 Å². The molecule has 0 fully saturated rings. The van der Waals surface area contributed by atoms with Crippen LogP contribution in [-0.4, -0.2) is 12.4 Å². The second-order valence-electron chi connectivity index (χ2n) is 3.49. The third-order valence-corrected chi connectivity index (χ3v) is 1.96. The van der Waals surface area contributed by atoms with Gasteiger partial charge in [-0.2, -0.15) is 0 Å². The van der Waals surface area contributed by atoms with Gasteiger partial charge in [0.2, 0.25) is 0 Å². The minimum atomic E-state index is 0.0259. The van der Waals surface area contributed by atoms with Crippen molar-refractivity contribution in [3.63, 3.8) is 0 Å². The lowest BCUT2D eigenvalue weighted by molar-refractivity contribution is -0.122. The van der Waals surface area contributed by atoms with Gasteiger partial charge >= 0.3 is 0 Å². The van der Waals surface area contributed by atoms with Crippen molar-refractivity contribution >= 4 is 5.78 Å². The van der Waals surface area contributed by atoms with Gasteiger partial charge in [0.25, 0.3) is 0 Å². The van der Waals surface area contributed by atoms with Gasteiger partial charge in [0.15, 0.2) is 0 Å². The van der Waals surface area contributed by atoms with E-state index in [0.717, 1.165) is 25.7 Å².